The highest BCUT2D eigenvalue weighted by molar-refractivity contribution is 5.94. The van der Waals surface area contributed by atoms with E-state index < -0.39 is 0 Å². The lowest BCUT2D eigenvalue weighted by atomic mass is 10.0. The van der Waals surface area contributed by atoms with Crippen LogP contribution in [0.25, 0.3) is 11.1 Å². The number of nitrogens with zero attached hydrogens (tertiary/aromatic N) is 2. The molecule has 0 aliphatic carbocycles. The van der Waals surface area contributed by atoms with Gasteiger partial charge in [0, 0.05) is 36.7 Å². The maximum absolute atomic E-state index is 12.5. The van der Waals surface area contributed by atoms with E-state index in [-0.39, 0.29) is 11.5 Å². The Kier molecular flexibility index (Phi) is 5.49. The van der Waals surface area contributed by atoms with Gasteiger partial charge in [0.1, 0.15) is 11.5 Å². The summed E-state index contributed by atoms with van der Waals surface area (Å²) in [6.07, 6.45) is 3.17. The maximum atomic E-state index is 12.5. The van der Waals surface area contributed by atoms with Gasteiger partial charge in [-0.3, -0.25) is 9.59 Å². The summed E-state index contributed by atoms with van der Waals surface area (Å²) < 4.78 is 5.28. The van der Waals surface area contributed by atoms with Crippen LogP contribution < -0.4 is 16.6 Å². The second-order valence-corrected chi connectivity index (χ2v) is 7.11. The number of pyridine rings is 2. The number of hydrogen-bond donors (Lipinski definition) is 3. The Morgan fingerprint density at radius 3 is 2.77 bits per heavy atom. The van der Waals surface area contributed by atoms with Gasteiger partial charge in [-0.15, -0.1) is 0 Å². The number of nitrogen functional groups attached to an aromatic ring is 1. The highest BCUT2D eigenvalue weighted by atomic mass is 16.5. The maximum Gasteiger partial charge on any atom is 0.271 e. The van der Waals surface area contributed by atoms with Gasteiger partial charge >= 0.3 is 0 Å². The molecule has 8 heteroatoms. The number of carbonyl (C=O) groups excluding carboxylic acids is 1. The second-order valence-electron chi connectivity index (χ2n) is 7.11. The predicted octanol–water partition coefficient (Wildman–Crippen LogP) is 2.54. The van der Waals surface area contributed by atoms with Crippen LogP contribution in [-0.4, -0.2) is 47.1 Å². The number of morpholine rings is 1. The van der Waals surface area contributed by atoms with Gasteiger partial charge in [-0.25, -0.2) is 4.98 Å². The molecular formula is C22H23N5O3. The number of nitrogens with two attached hydrogens (primary N) is 1. The number of carbonyl (C=O) groups is 1. The molecule has 30 heavy (non-hydrogen) atoms. The lowest BCUT2D eigenvalue weighted by molar-refractivity contribution is 0.0302. The summed E-state index contributed by atoms with van der Waals surface area (Å²) >= 11 is 0. The minimum absolute atomic E-state index is 0.0747. The standard InChI is InChI=1S/C22H23N5O3/c1-14-17(3-2-4-18(14)23)16-11-19(21(28)25-13-16)26-20-6-5-15(12-24-20)22(29)27-7-9-30-10-8-27/h2-6,11-13H,7-10,23H2,1H3,(H,24,26)(H,25,28). The number of aromatic amines is 1. The van der Waals surface area contributed by atoms with Crippen LogP contribution in [0.1, 0.15) is 15.9 Å². The first-order valence-electron chi connectivity index (χ1n) is 9.71. The van der Waals surface area contributed by atoms with Gasteiger partial charge in [0.15, 0.2) is 0 Å². The smallest absolute Gasteiger partial charge is 0.271 e. The van der Waals surface area contributed by atoms with E-state index in [9.17, 15) is 9.59 Å². The van der Waals surface area contributed by atoms with Gasteiger partial charge in [-0.1, -0.05) is 12.1 Å². The lowest BCUT2D eigenvalue weighted by Gasteiger charge is -2.26. The van der Waals surface area contributed by atoms with E-state index in [0.717, 1.165) is 16.7 Å². The molecule has 1 aliphatic rings. The molecule has 4 N–H and O–H groups in total. The number of benzene rings is 1. The summed E-state index contributed by atoms with van der Waals surface area (Å²) in [5.41, 5.74) is 10.0. The molecule has 0 spiro atoms. The SMILES string of the molecule is Cc1c(N)cccc1-c1c[nH]c(=O)c(Nc2ccc(C(=O)N3CCOCC3)cn2)c1. The molecule has 3 aromatic rings. The van der Waals surface area contributed by atoms with Gasteiger partial charge < -0.3 is 25.7 Å². The molecule has 0 unspecified atom stereocenters. The van der Waals surface area contributed by atoms with Crippen LogP contribution in [0.2, 0.25) is 0 Å². The van der Waals surface area contributed by atoms with Gasteiger partial charge in [-0.2, -0.15) is 0 Å². The molecule has 0 saturated carbocycles. The third-order valence-corrected chi connectivity index (χ3v) is 5.16. The van der Waals surface area contributed by atoms with Crippen molar-refractivity contribution in [3.05, 3.63) is 70.3 Å². The van der Waals surface area contributed by atoms with Gasteiger partial charge in [0.25, 0.3) is 11.5 Å². The van der Waals surface area contributed by atoms with Crippen LogP contribution in [-0.2, 0) is 4.74 Å². The Hall–Kier alpha value is -3.65. The normalized spacial score (nSPS) is 13.8. The number of amides is 1. The number of ether oxygens (including phenoxy) is 1. The Bertz CT molecular complexity index is 1120. The van der Waals surface area contributed by atoms with Crippen molar-refractivity contribution in [2.24, 2.45) is 0 Å². The van der Waals surface area contributed by atoms with E-state index in [4.69, 9.17) is 10.5 Å². The molecule has 8 nitrogen and oxygen atoms in total. The molecule has 0 bridgehead atoms. The number of nitrogens with one attached hydrogen (secondary N) is 2. The zero-order chi connectivity index (χ0) is 21.1. The molecule has 1 aliphatic heterocycles. The van der Waals surface area contributed by atoms with Gasteiger partial charge in [0.05, 0.1) is 18.8 Å². The van der Waals surface area contributed by atoms with E-state index in [1.54, 1.807) is 29.3 Å². The van der Waals surface area contributed by atoms with Gasteiger partial charge in [-0.05, 0) is 42.3 Å². The van der Waals surface area contributed by atoms with Crippen LogP contribution in [0, 0.1) is 6.92 Å². The predicted molar refractivity (Wildman–Crippen MR) is 116 cm³/mol. The van der Waals surface area contributed by atoms with Crippen molar-refractivity contribution in [2.45, 2.75) is 6.92 Å². The van der Waals surface area contributed by atoms with Crippen LogP contribution in [0.4, 0.5) is 17.2 Å². The molecule has 4 rings (SSSR count). The van der Waals surface area contributed by atoms with Crippen molar-refractivity contribution in [3.63, 3.8) is 0 Å². The summed E-state index contributed by atoms with van der Waals surface area (Å²) in [4.78, 5) is 33.6. The number of rotatable bonds is 4. The Morgan fingerprint density at radius 2 is 2.03 bits per heavy atom. The largest absolute Gasteiger partial charge is 0.398 e. The topological polar surface area (TPSA) is 113 Å². The minimum Gasteiger partial charge on any atom is -0.398 e. The highest BCUT2D eigenvalue weighted by Crippen LogP contribution is 2.27. The Labute approximate surface area is 173 Å². The number of H-pyrrole nitrogens is 1. The summed E-state index contributed by atoms with van der Waals surface area (Å²) in [7, 11) is 0. The number of hydrogen-bond acceptors (Lipinski definition) is 6. The van der Waals surface area contributed by atoms with Crippen molar-refractivity contribution in [1.82, 2.24) is 14.9 Å². The lowest BCUT2D eigenvalue weighted by Crippen LogP contribution is -2.40. The Morgan fingerprint density at radius 1 is 1.23 bits per heavy atom. The number of aromatic nitrogens is 2. The second kappa shape index (κ2) is 8.38. The zero-order valence-corrected chi connectivity index (χ0v) is 16.6. The van der Waals surface area contributed by atoms with Crippen molar-refractivity contribution in [3.8, 4) is 11.1 Å². The molecule has 3 heterocycles. The van der Waals surface area contributed by atoms with Crippen molar-refractivity contribution in [1.29, 1.82) is 0 Å². The first-order valence-corrected chi connectivity index (χ1v) is 9.71. The molecule has 0 atom stereocenters. The molecule has 0 radical (unpaired) electrons. The fraction of sp³-hybridized carbons (Fsp3) is 0.227. The van der Waals surface area contributed by atoms with E-state index in [0.29, 0.717) is 49.1 Å². The first kappa shape index (κ1) is 19.7. The minimum atomic E-state index is -0.268. The molecule has 154 valence electrons. The fourth-order valence-corrected chi connectivity index (χ4v) is 3.38. The first-order chi connectivity index (χ1) is 14.5. The van der Waals surface area contributed by atoms with Crippen LogP contribution in [0.5, 0.6) is 0 Å². The van der Waals surface area contributed by atoms with Crippen LogP contribution in [0.15, 0.2) is 53.6 Å². The summed E-state index contributed by atoms with van der Waals surface area (Å²) in [6.45, 7) is 4.18. The van der Waals surface area contributed by atoms with E-state index in [1.807, 2.05) is 25.1 Å². The molecule has 1 amide bonds. The quantitative estimate of drug-likeness (QED) is 0.575. The van der Waals surface area contributed by atoms with E-state index >= 15 is 0 Å². The van der Waals surface area contributed by atoms with Crippen molar-refractivity contribution in [2.75, 3.05) is 37.4 Å². The van der Waals surface area contributed by atoms with Gasteiger partial charge in [0.2, 0.25) is 0 Å². The average Bonchev–Trinajstić information content (AvgIpc) is 2.78. The summed E-state index contributed by atoms with van der Waals surface area (Å²) in [5, 5.41) is 3.03. The van der Waals surface area contributed by atoms with Crippen LogP contribution in [0.3, 0.4) is 0 Å². The summed E-state index contributed by atoms with van der Waals surface area (Å²) in [6, 6.07) is 10.8. The van der Waals surface area contributed by atoms with Crippen molar-refractivity contribution >= 4 is 23.1 Å². The van der Waals surface area contributed by atoms with E-state index in [2.05, 4.69) is 15.3 Å². The summed E-state index contributed by atoms with van der Waals surface area (Å²) in [5.74, 6) is 0.398. The molecule has 2 aromatic heterocycles. The van der Waals surface area contributed by atoms with Crippen LogP contribution >= 0.6 is 0 Å². The number of anilines is 3. The molecule has 1 aromatic carbocycles. The molecule has 1 fully saturated rings. The third-order valence-electron chi connectivity index (χ3n) is 5.16. The fourth-order valence-electron chi connectivity index (χ4n) is 3.38. The zero-order valence-electron chi connectivity index (χ0n) is 16.6. The molecule has 1 saturated heterocycles. The highest BCUT2D eigenvalue weighted by Gasteiger charge is 2.18. The Balaban J connectivity index is 1.55. The third kappa shape index (κ3) is 4.04. The van der Waals surface area contributed by atoms with Crippen molar-refractivity contribution < 1.29 is 9.53 Å². The molecular weight excluding hydrogens is 382 g/mol. The average molecular weight is 405 g/mol. The monoisotopic (exact) mass is 405 g/mol. The van der Waals surface area contributed by atoms with E-state index in [1.165, 1.54) is 6.20 Å².